The summed E-state index contributed by atoms with van der Waals surface area (Å²) in [5.41, 5.74) is 0. The Morgan fingerprint density at radius 2 is 1.55 bits per heavy atom. The average Bonchev–Trinajstić information content (AvgIpc) is 2.49. The number of para-hydroxylation sites is 1. The lowest BCUT2D eigenvalue weighted by Gasteiger charge is -2.36. The molecule has 0 aliphatic rings. The molecular weight excluding hydrogens is 292 g/mol. The van der Waals surface area contributed by atoms with Crippen LogP contribution in [-0.2, 0) is 0 Å². The van der Waals surface area contributed by atoms with Gasteiger partial charge in [-0.1, -0.05) is 45.1 Å². The van der Waals surface area contributed by atoms with E-state index in [1.54, 1.807) is 4.90 Å². The van der Waals surface area contributed by atoms with Crippen molar-refractivity contribution in [3.63, 3.8) is 0 Å². The number of nitrogens with zero attached hydrogens (tertiary/aromatic N) is 2. The highest BCUT2D eigenvalue weighted by Gasteiger charge is 2.33. The van der Waals surface area contributed by atoms with Crippen LogP contribution in [0, 0.1) is 0 Å². The Morgan fingerprint density at radius 1 is 1.00 bits per heavy atom. The molecule has 0 heterocycles. The molecule has 124 valence electrons. The molecule has 22 heavy (non-hydrogen) atoms. The summed E-state index contributed by atoms with van der Waals surface area (Å²) in [6.45, 7) is 16.3. The summed E-state index contributed by atoms with van der Waals surface area (Å²) in [4.78, 5) is 14.0. The predicted octanol–water partition coefficient (Wildman–Crippen LogP) is 3.28. The van der Waals surface area contributed by atoms with Gasteiger partial charge in [-0.05, 0) is 38.2 Å². The van der Waals surface area contributed by atoms with Gasteiger partial charge in [0.1, 0.15) is 5.75 Å². The Labute approximate surface area is 136 Å². The van der Waals surface area contributed by atoms with E-state index in [0.29, 0.717) is 18.8 Å². The Morgan fingerprint density at radius 3 is 2.05 bits per heavy atom. The third kappa shape index (κ3) is 4.11. The van der Waals surface area contributed by atoms with Crippen LogP contribution < -0.4 is 9.92 Å². The van der Waals surface area contributed by atoms with Gasteiger partial charge in [0.25, 0.3) is 0 Å². The van der Waals surface area contributed by atoms with E-state index < -0.39 is 8.24 Å². The molecule has 5 heteroatoms. The lowest BCUT2D eigenvalue weighted by atomic mass is 10.3. The highest BCUT2D eigenvalue weighted by atomic mass is 28.3. The fraction of sp³-hybridized carbons (Fsp3) is 0.588. The van der Waals surface area contributed by atoms with Gasteiger partial charge < -0.3 is 14.2 Å². The maximum Gasteiger partial charge on any atom is 0.415 e. The minimum absolute atomic E-state index is 0.262. The summed E-state index contributed by atoms with van der Waals surface area (Å²) in [7, 11) is -1.84. The van der Waals surface area contributed by atoms with Crippen LogP contribution in [-0.4, -0.2) is 50.0 Å². The van der Waals surface area contributed by atoms with Crippen LogP contribution in [0.15, 0.2) is 24.3 Å². The number of carbonyl (C=O) groups excluding carboxylic acids is 1. The first kappa shape index (κ1) is 18.7. The van der Waals surface area contributed by atoms with Gasteiger partial charge in [-0.15, -0.1) is 0 Å². The third-order valence-corrected chi connectivity index (χ3v) is 8.26. The van der Waals surface area contributed by atoms with Gasteiger partial charge in [0.2, 0.25) is 0 Å². The lowest BCUT2D eigenvalue weighted by molar-refractivity contribution is 0.157. The maximum absolute atomic E-state index is 12.3. The number of amides is 1. The summed E-state index contributed by atoms with van der Waals surface area (Å²) in [6.07, 6.45) is -0.262. The maximum atomic E-state index is 12.3. The summed E-state index contributed by atoms with van der Waals surface area (Å²) in [5, 5.41) is 1.18. The van der Waals surface area contributed by atoms with E-state index in [9.17, 15) is 4.79 Å². The van der Waals surface area contributed by atoms with Gasteiger partial charge in [-0.2, -0.15) is 0 Å². The van der Waals surface area contributed by atoms with Crippen LogP contribution in [0.3, 0.4) is 0 Å². The molecule has 1 aromatic carbocycles. The monoisotopic (exact) mass is 322 g/mol. The Kier molecular flexibility index (Phi) is 7.09. The standard InChI is InChI=1S/C17H30N2O2Si/c1-7-18(8-2)17(20)21-15-13-11-12-14-16(15)22(5,6)19(9-3)10-4/h11-14H,7-10H2,1-6H3. The van der Waals surface area contributed by atoms with Gasteiger partial charge in [0.05, 0.1) is 0 Å². The van der Waals surface area contributed by atoms with Crippen LogP contribution in [0.1, 0.15) is 27.7 Å². The summed E-state index contributed by atoms with van der Waals surface area (Å²) in [6, 6.07) is 7.98. The minimum Gasteiger partial charge on any atom is -0.410 e. The molecule has 0 aliphatic heterocycles. The van der Waals surface area contributed by atoms with E-state index in [-0.39, 0.29) is 6.09 Å². The molecule has 1 aromatic rings. The lowest BCUT2D eigenvalue weighted by Crippen LogP contribution is -2.58. The normalized spacial score (nSPS) is 11.6. The molecule has 0 bridgehead atoms. The van der Waals surface area contributed by atoms with Crippen LogP contribution >= 0.6 is 0 Å². The SMILES string of the molecule is CCN(CC)C(=O)Oc1ccccc1[Si](C)(C)N(CC)CC. The molecule has 0 saturated carbocycles. The van der Waals surface area contributed by atoms with Crippen molar-refractivity contribution in [2.45, 2.75) is 40.8 Å². The van der Waals surface area contributed by atoms with E-state index in [2.05, 4.69) is 37.6 Å². The second-order valence-electron chi connectivity index (χ2n) is 5.77. The number of benzene rings is 1. The van der Waals surface area contributed by atoms with Crippen molar-refractivity contribution in [1.82, 2.24) is 9.47 Å². The van der Waals surface area contributed by atoms with E-state index in [1.807, 2.05) is 32.0 Å². The third-order valence-electron chi connectivity index (χ3n) is 4.32. The Balaban J connectivity index is 3.11. The van der Waals surface area contributed by atoms with E-state index in [0.717, 1.165) is 13.1 Å². The minimum atomic E-state index is -1.84. The van der Waals surface area contributed by atoms with Crippen molar-refractivity contribution < 1.29 is 9.53 Å². The molecule has 1 rings (SSSR count). The fourth-order valence-electron chi connectivity index (χ4n) is 2.89. The zero-order chi connectivity index (χ0) is 16.8. The quantitative estimate of drug-likeness (QED) is 0.722. The molecule has 0 aromatic heterocycles. The topological polar surface area (TPSA) is 32.8 Å². The molecule has 0 atom stereocenters. The van der Waals surface area contributed by atoms with Crippen molar-refractivity contribution >= 4 is 19.5 Å². The van der Waals surface area contributed by atoms with Crippen molar-refractivity contribution in [3.8, 4) is 5.75 Å². The largest absolute Gasteiger partial charge is 0.415 e. The Bertz CT molecular complexity index is 483. The van der Waals surface area contributed by atoms with Crippen LogP contribution in [0.2, 0.25) is 13.1 Å². The van der Waals surface area contributed by atoms with E-state index in [1.165, 1.54) is 5.19 Å². The summed E-state index contributed by atoms with van der Waals surface area (Å²) < 4.78 is 8.21. The molecule has 0 fully saturated rings. The zero-order valence-electron chi connectivity index (χ0n) is 14.8. The average molecular weight is 323 g/mol. The van der Waals surface area contributed by atoms with Crippen molar-refractivity contribution in [3.05, 3.63) is 24.3 Å². The molecular formula is C17H30N2O2Si. The number of hydrogen-bond donors (Lipinski definition) is 0. The van der Waals surface area contributed by atoms with E-state index in [4.69, 9.17) is 4.74 Å². The molecule has 0 radical (unpaired) electrons. The molecule has 0 spiro atoms. The van der Waals surface area contributed by atoms with Crippen LogP contribution in [0.25, 0.3) is 0 Å². The predicted molar refractivity (Wildman–Crippen MR) is 95.4 cm³/mol. The first-order valence-electron chi connectivity index (χ1n) is 8.23. The van der Waals surface area contributed by atoms with Crippen molar-refractivity contribution in [2.24, 2.45) is 0 Å². The van der Waals surface area contributed by atoms with Crippen molar-refractivity contribution in [2.75, 3.05) is 26.2 Å². The van der Waals surface area contributed by atoms with Crippen molar-refractivity contribution in [1.29, 1.82) is 0 Å². The van der Waals surface area contributed by atoms with Gasteiger partial charge in [-0.25, -0.2) is 4.79 Å². The number of carbonyl (C=O) groups is 1. The zero-order valence-corrected chi connectivity index (χ0v) is 15.8. The first-order chi connectivity index (χ1) is 10.4. The number of hydrogen-bond acceptors (Lipinski definition) is 3. The summed E-state index contributed by atoms with van der Waals surface area (Å²) >= 11 is 0. The van der Waals surface area contributed by atoms with Gasteiger partial charge in [-0.3, -0.25) is 0 Å². The van der Waals surface area contributed by atoms with Gasteiger partial charge >= 0.3 is 6.09 Å². The Hall–Kier alpha value is -1.33. The van der Waals surface area contributed by atoms with Crippen LogP contribution in [0.4, 0.5) is 4.79 Å². The molecule has 1 amide bonds. The fourth-order valence-corrected chi connectivity index (χ4v) is 6.05. The summed E-state index contributed by atoms with van der Waals surface area (Å²) in [5.74, 6) is 0.711. The first-order valence-corrected chi connectivity index (χ1v) is 11.2. The van der Waals surface area contributed by atoms with Gasteiger partial charge in [0.15, 0.2) is 8.24 Å². The second kappa shape index (κ2) is 8.34. The highest BCUT2D eigenvalue weighted by molar-refractivity contribution is 6.88. The smallest absolute Gasteiger partial charge is 0.410 e. The van der Waals surface area contributed by atoms with E-state index >= 15 is 0 Å². The second-order valence-corrected chi connectivity index (χ2v) is 10.1. The number of rotatable bonds is 7. The molecule has 0 N–H and O–H groups in total. The molecule has 0 unspecified atom stereocenters. The van der Waals surface area contributed by atoms with Gasteiger partial charge in [0, 0.05) is 13.1 Å². The van der Waals surface area contributed by atoms with Crippen LogP contribution in [0.5, 0.6) is 5.75 Å². The molecule has 0 aliphatic carbocycles. The number of ether oxygens (including phenoxy) is 1. The highest BCUT2D eigenvalue weighted by Crippen LogP contribution is 2.18. The molecule has 0 saturated heterocycles. The molecule has 4 nitrogen and oxygen atoms in total.